The number of rotatable bonds is 6. The van der Waals surface area contributed by atoms with E-state index in [1.807, 2.05) is 34.6 Å². The largest absolute Gasteiger partial charge is 0.480 e. The Kier molecular flexibility index (Phi) is 9.40. The van der Waals surface area contributed by atoms with E-state index < -0.39 is 17.6 Å². The molecule has 0 spiro atoms. The van der Waals surface area contributed by atoms with E-state index >= 15 is 0 Å². The highest BCUT2D eigenvalue weighted by Crippen LogP contribution is 2.39. The second-order valence-corrected chi connectivity index (χ2v) is 8.33. The van der Waals surface area contributed by atoms with Crippen molar-refractivity contribution in [1.82, 2.24) is 10.2 Å². The van der Waals surface area contributed by atoms with Gasteiger partial charge in [0, 0.05) is 19.0 Å². The first kappa shape index (κ1) is 24.4. The van der Waals surface area contributed by atoms with Crippen molar-refractivity contribution in [3.8, 4) is 0 Å². The standard InChI is InChI=1S/C11H17NO3.C10H21NO2/c1-7(13)12-9-5-3-2-4-8(9)6-10(12)11(14)15;1-6-10(5,11-8(3)4)9(12)13-7-2/h8-10H,2-6H2,1H3,(H,14,15);8,11H,6-7H2,1-5H3/t8-,9-,10-;10-/m01/s1. The summed E-state index contributed by atoms with van der Waals surface area (Å²) < 4.78 is 5.00. The number of hydrogen-bond acceptors (Lipinski definition) is 5. The van der Waals surface area contributed by atoms with Crippen molar-refractivity contribution >= 4 is 17.8 Å². The van der Waals surface area contributed by atoms with Crippen LogP contribution >= 0.6 is 0 Å². The molecule has 2 fully saturated rings. The van der Waals surface area contributed by atoms with Crippen LogP contribution in [0.2, 0.25) is 0 Å². The van der Waals surface area contributed by atoms with Crippen LogP contribution in [0.5, 0.6) is 0 Å². The molecule has 2 aliphatic rings. The van der Waals surface area contributed by atoms with Crippen molar-refractivity contribution < 1.29 is 24.2 Å². The highest BCUT2D eigenvalue weighted by Gasteiger charge is 2.46. The minimum absolute atomic E-state index is 0.0863. The van der Waals surface area contributed by atoms with Crippen LogP contribution in [0.1, 0.15) is 80.1 Å². The molecule has 0 aromatic rings. The summed E-state index contributed by atoms with van der Waals surface area (Å²) in [7, 11) is 0. The van der Waals surface area contributed by atoms with E-state index in [1.54, 1.807) is 4.90 Å². The third kappa shape index (κ3) is 6.19. The number of hydrogen-bond donors (Lipinski definition) is 2. The average molecular weight is 399 g/mol. The summed E-state index contributed by atoms with van der Waals surface area (Å²) in [5.74, 6) is -0.675. The van der Waals surface area contributed by atoms with E-state index in [2.05, 4.69) is 5.32 Å². The van der Waals surface area contributed by atoms with E-state index in [1.165, 1.54) is 13.3 Å². The monoisotopic (exact) mass is 398 g/mol. The molecule has 0 unspecified atom stereocenters. The number of likely N-dealkylation sites (tertiary alicyclic amines) is 1. The second kappa shape index (κ2) is 10.8. The summed E-state index contributed by atoms with van der Waals surface area (Å²) in [6.45, 7) is 11.6. The number of esters is 1. The van der Waals surface area contributed by atoms with Crippen molar-refractivity contribution in [2.75, 3.05) is 6.61 Å². The Morgan fingerprint density at radius 3 is 2.29 bits per heavy atom. The van der Waals surface area contributed by atoms with E-state index in [0.29, 0.717) is 18.9 Å². The van der Waals surface area contributed by atoms with E-state index in [0.717, 1.165) is 25.7 Å². The van der Waals surface area contributed by atoms with Gasteiger partial charge in [-0.1, -0.05) is 19.8 Å². The third-order valence-electron chi connectivity index (χ3n) is 5.78. The number of amides is 1. The number of carboxylic acid groups (broad SMARTS) is 1. The van der Waals surface area contributed by atoms with Gasteiger partial charge in [0.25, 0.3) is 0 Å². The number of ether oxygens (including phenoxy) is 1. The van der Waals surface area contributed by atoms with Gasteiger partial charge in [0.05, 0.1) is 6.61 Å². The van der Waals surface area contributed by atoms with Crippen molar-refractivity contribution in [1.29, 1.82) is 0 Å². The van der Waals surface area contributed by atoms with Gasteiger partial charge in [0.15, 0.2) is 0 Å². The molecule has 1 amide bonds. The smallest absolute Gasteiger partial charge is 0.326 e. The molecule has 1 heterocycles. The van der Waals surface area contributed by atoms with Crippen LogP contribution in [-0.4, -0.2) is 58.1 Å². The van der Waals surface area contributed by atoms with Gasteiger partial charge in [-0.05, 0) is 59.3 Å². The van der Waals surface area contributed by atoms with Crippen molar-refractivity contribution in [3.05, 3.63) is 0 Å². The summed E-state index contributed by atoms with van der Waals surface area (Å²) >= 11 is 0. The molecule has 0 radical (unpaired) electrons. The van der Waals surface area contributed by atoms with E-state index in [9.17, 15) is 14.4 Å². The van der Waals surface area contributed by atoms with Crippen LogP contribution in [0.25, 0.3) is 0 Å². The van der Waals surface area contributed by atoms with E-state index in [-0.39, 0.29) is 24.0 Å². The summed E-state index contributed by atoms with van der Waals surface area (Å²) in [4.78, 5) is 35.7. The zero-order valence-electron chi connectivity index (χ0n) is 18.3. The first-order valence-electron chi connectivity index (χ1n) is 10.5. The first-order chi connectivity index (χ1) is 13.1. The number of nitrogens with one attached hydrogen (secondary N) is 1. The zero-order valence-corrected chi connectivity index (χ0v) is 18.3. The first-order valence-corrected chi connectivity index (χ1v) is 10.5. The molecule has 2 N–H and O–H groups in total. The topological polar surface area (TPSA) is 95.9 Å². The minimum Gasteiger partial charge on any atom is -0.480 e. The fraction of sp³-hybridized carbons (Fsp3) is 0.857. The highest BCUT2D eigenvalue weighted by atomic mass is 16.5. The molecular weight excluding hydrogens is 360 g/mol. The number of carbonyl (C=O) groups is 3. The lowest BCUT2D eigenvalue weighted by atomic mass is 9.85. The second-order valence-electron chi connectivity index (χ2n) is 8.33. The lowest BCUT2D eigenvalue weighted by molar-refractivity contribution is -0.151. The predicted octanol–water partition coefficient (Wildman–Crippen LogP) is 2.97. The number of nitrogens with zero attached hydrogens (tertiary/aromatic N) is 1. The number of fused-ring (bicyclic) bond motifs is 1. The number of aliphatic carboxylic acids is 1. The summed E-state index contributed by atoms with van der Waals surface area (Å²) in [6, 6.07) is -0.0951. The normalized spacial score (nSPS) is 26.0. The number of carboxylic acids is 1. The molecule has 0 bridgehead atoms. The molecule has 0 aromatic carbocycles. The summed E-state index contributed by atoms with van der Waals surface area (Å²) in [5, 5.41) is 12.3. The Labute approximate surface area is 169 Å². The van der Waals surface area contributed by atoms with Crippen molar-refractivity contribution in [2.24, 2.45) is 5.92 Å². The molecule has 1 aliphatic carbocycles. The Bertz CT molecular complexity index is 551. The van der Waals surface area contributed by atoms with Crippen molar-refractivity contribution in [2.45, 2.75) is 104 Å². The molecule has 7 nitrogen and oxygen atoms in total. The number of carbonyl (C=O) groups excluding carboxylic acids is 2. The maximum Gasteiger partial charge on any atom is 0.326 e. The average Bonchev–Trinajstić information content (AvgIpc) is 3.02. The van der Waals surface area contributed by atoms with Gasteiger partial charge in [0.2, 0.25) is 5.91 Å². The van der Waals surface area contributed by atoms with Gasteiger partial charge in [0.1, 0.15) is 11.6 Å². The molecule has 0 aromatic heterocycles. The van der Waals surface area contributed by atoms with Crippen LogP contribution in [-0.2, 0) is 19.1 Å². The Hall–Kier alpha value is -1.63. The van der Waals surface area contributed by atoms with Crippen LogP contribution < -0.4 is 5.32 Å². The molecule has 4 atom stereocenters. The third-order valence-corrected chi connectivity index (χ3v) is 5.78. The van der Waals surface area contributed by atoms with Crippen LogP contribution in [0.4, 0.5) is 0 Å². The van der Waals surface area contributed by atoms with Crippen molar-refractivity contribution in [3.63, 3.8) is 0 Å². The molecule has 1 saturated carbocycles. The van der Waals surface area contributed by atoms with Gasteiger partial charge in [-0.2, -0.15) is 0 Å². The Morgan fingerprint density at radius 2 is 1.82 bits per heavy atom. The van der Waals surface area contributed by atoms with Crippen LogP contribution in [0.3, 0.4) is 0 Å². The molecule has 162 valence electrons. The Balaban J connectivity index is 0.000000284. The van der Waals surface area contributed by atoms with Crippen LogP contribution in [0.15, 0.2) is 0 Å². The summed E-state index contributed by atoms with van der Waals surface area (Å²) in [5.41, 5.74) is -0.538. The molecule has 7 heteroatoms. The molecule has 1 aliphatic heterocycles. The van der Waals surface area contributed by atoms with Gasteiger partial charge in [-0.15, -0.1) is 0 Å². The Morgan fingerprint density at radius 1 is 1.21 bits per heavy atom. The fourth-order valence-corrected chi connectivity index (χ4v) is 4.37. The quantitative estimate of drug-likeness (QED) is 0.668. The SMILES string of the molecule is CC(=O)N1[C@H](C(=O)O)C[C@@H]2CCCC[C@@H]21.CCOC(=O)[C@@](C)(CC)NC(C)C. The van der Waals surface area contributed by atoms with Gasteiger partial charge < -0.3 is 14.7 Å². The molecular formula is C21H38N2O5. The molecule has 1 saturated heterocycles. The van der Waals surface area contributed by atoms with Gasteiger partial charge in [-0.25, -0.2) is 4.79 Å². The fourth-order valence-electron chi connectivity index (χ4n) is 4.37. The highest BCUT2D eigenvalue weighted by molar-refractivity contribution is 5.83. The minimum atomic E-state index is -0.848. The maximum absolute atomic E-state index is 11.5. The maximum atomic E-state index is 11.5. The van der Waals surface area contributed by atoms with Gasteiger partial charge in [-0.3, -0.25) is 14.9 Å². The van der Waals surface area contributed by atoms with E-state index in [4.69, 9.17) is 9.84 Å². The molecule has 2 rings (SSSR count). The predicted molar refractivity (Wildman–Crippen MR) is 108 cm³/mol. The lowest BCUT2D eigenvalue weighted by Gasteiger charge is -2.32. The zero-order chi connectivity index (χ0) is 21.5. The van der Waals surface area contributed by atoms with Crippen LogP contribution in [0, 0.1) is 5.92 Å². The molecule has 28 heavy (non-hydrogen) atoms. The lowest BCUT2D eigenvalue weighted by Crippen LogP contribution is -2.52. The van der Waals surface area contributed by atoms with Gasteiger partial charge >= 0.3 is 11.9 Å². The summed E-state index contributed by atoms with van der Waals surface area (Å²) in [6.07, 6.45) is 5.76.